The highest BCUT2D eigenvalue weighted by Gasteiger charge is 2.56. The maximum atomic E-state index is 12.8. The summed E-state index contributed by atoms with van der Waals surface area (Å²) in [5.41, 5.74) is -1.22. The Labute approximate surface area is 156 Å². The van der Waals surface area contributed by atoms with Gasteiger partial charge in [0.1, 0.15) is 6.61 Å². The Kier molecular flexibility index (Phi) is 4.97. The predicted octanol–water partition coefficient (Wildman–Crippen LogP) is 3.70. The van der Waals surface area contributed by atoms with Crippen LogP contribution in [0, 0.1) is 0 Å². The Morgan fingerprint density at radius 3 is 2.11 bits per heavy atom. The maximum Gasteiger partial charge on any atom is 0.482 e. The van der Waals surface area contributed by atoms with Crippen molar-refractivity contribution in [2.45, 2.75) is 57.4 Å². The highest BCUT2D eigenvalue weighted by molar-refractivity contribution is 6.48. The molecule has 2 aliphatic heterocycles. The van der Waals surface area contributed by atoms with Crippen LogP contribution >= 0.6 is 0 Å². The van der Waals surface area contributed by atoms with E-state index in [0.717, 1.165) is 12.1 Å². The molecule has 2 saturated heterocycles. The van der Waals surface area contributed by atoms with Crippen molar-refractivity contribution in [2.75, 3.05) is 13.2 Å². The van der Waals surface area contributed by atoms with E-state index >= 15 is 0 Å². The zero-order valence-electron chi connectivity index (χ0n) is 15.8. The van der Waals surface area contributed by atoms with E-state index in [2.05, 4.69) is 0 Å². The first kappa shape index (κ1) is 20.0. The monoisotopic (exact) mass is 385 g/mol. The van der Waals surface area contributed by atoms with Gasteiger partial charge < -0.3 is 18.9 Å². The van der Waals surface area contributed by atoms with Crippen molar-refractivity contribution < 1.29 is 32.0 Å². The normalized spacial score (nSPS) is 22.9. The van der Waals surface area contributed by atoms with Crippen LogP contribution in [0.15, 0.2) is 24.3 Å². The van der Waals surface area contributed by atoms with Gasteiger partial charge in [-0.15, -0.1) is 0 Å². The molecule has 0 aliphatic carbocycles. The Balaban J connectivity index is 1.84. The molecule has 2 aliphatic rings. The number of hydrogen-bond donors (Lipinski definition) is 0. The third-order valence-electron chi connectivity index (χ3n) is 5.50. The molecule has 1 aromatic rings. The van der Waals surface area contributed by atoms with Gasteiger partial charge in [-0.05, 0) is 51.8 Å². The van der Waals surface area contributed by atoms with Crippen molar-refractivity contribution in [2.24, 2.45) is 0 Å². The minimum atomic E-state index is -4.39. The minimum absolute atomic E-state index is 0.266. The lowest BCUT2D eigenvalue weighted by Crippen LogP contribution is -2.50. The van der Waals surface area contributed by atoms with Gasteiger partial charge in [0.15, 0.2) is 0 Å². The number of hydrogen-bond acceptors (Lipinski definition) is 4. The van der Waals surface area contributed by atoms with Crippen LogP contribution in [0.3, 0.4) is 0 Å². The molecule has 1 aromatic carbocycles. The minimum Gasteiger partial charge on any atom is -0.448 e. The third kappa shape index (κ3) is 3.94. The van der Waals surface area contributed by atoms with Gasteiger partial charge in [-0.2, -0.15) is 13.2 Å². The first-order valence-electron chi connectivity index (χ1n) is 8.86. The quantitative estimate of drug-likeness (QED) is 0.742. The van der Waals surface area contributed by atoms with Crippen molar-refractivity contribution in [1.29, 1.82) is 0 Å². The number of ether oxygens (including phenoxy) is 1. The topological polar surface area (TPSA) is 48.0 Å². The van der Waals surface area contributed by atoms with Gasteiger partial charge in [-0.1, -0.05) is 12.1 Å². The smallest absolute Gasteiger partial charge is 0.448 e. The zero-order chi connectivity index (χ0) is 20.0. The standard InChI is InChI=1S/C18H23BF3NO4/c1-16(2)17(3,4)27-19(26-16)14(23-9-10-25-15(23)24)11-12-5-7-13(8-6-12)18(20,21)22/h5-8,14H,9-11H2,1-4H3/t14-/m1/s1. The first-order chi connectivity index (χ1) is 12.4. The van der Waals surface area contributed by atoms with Gasteiger partial charge in [0.25, 0.3) is 0 Å². The molecular weight excluding hydrogens is 362 g/mol. The SMILES string of the molecule is CC1(C)OB([C@@H](Cc2ccc(C(F)(F)F)cc2)N2CCOC2=O)OC1(C)C. The number of alkyl halides is 3. The molecule has 0 saturated carbocycles. The summed E-state index contributed by atoms with van der Waals surface area (Å²) in [5, 5.41) is 0. The lowest BCUT2D eigenvalue weighted by molar-refractivity contribution is -0.137. The zero-order valence-corrected chi connectivity index (χ0v) is 15.8. The fourth-order valence-electron chi connectivity index (χ4n) is 3.18. The number of benzene rings is 1. The van der Waals surface area contributed by atoms with Crippen LogP contribution in [0.1, 0.15) is 38.8 Å². The Bertz CT molecular complexity index is 690. The maximum absolute atomic E-state index is 12.8. The molecule has 3 rings (SSSR count). The van der Waals surface area contributed by atoms with Crippen LogP contribution in [-0.2, 0) is 26.6 Å². The highest BCUT2D eigenvalue weighted by Crippen LogP contribution is 2.39. The van der Waals surface area contributed by atoms with Crippen LogP contribution in [0.5, 0.6) is 0 Å². The number of carbonyl (C=O) groups excluding carboxylic acids is 1. The number of rotatable bonds is 4. The molecule has 0 radical (unpaired) electrons. The van der Waals surface area contributed by atoms with E-state index in [-0.39, 0.29) is 6.61 Å². The van der Waals surface area contributed by atoms with Gasteiger partial charge in [0.05, 0.1) is 29.3 Å². The molecule has 1 atom stereocenters. The molecule has 1 amide bonds. The summed E-state index contributed by atoms with van der Waals surface area (Å²) in [6.07, 6.45) is -4.56. The van der Waals surface area contributed by atoms with E-state index in [1.807, 2.05) is 27.7 Å². The van der Waals surface area contributed by atoms with E-state index < -0.39 is 42.1 Å². The molecule has 2 heterocycles. The molecule has 2 fully saturated rings. The summed E-state index contributed by atoms with van der Waals surface area (Å²) in [6.45, 7) is 8.28. The second-order valence-electron chi connectivity index (χ2n) is 7.90. The summed E-state index contributed by atoms with van der Waals surface area (Å²) >= 11 is 0. The van der Waals surface area contributed by atoms with Crippen molar-refractivity contribution in [3.05, 3.63) is 35.4 Å². The Morgan fingerprint density at radius 1 is 1.11 bits per heavy atom. The van der Waals surface area contributed by atoms with Gasteiger partial charge in [0.2, 0.25) is 0 Å². The molecular formula is C18H23BF3NO4. The Morgan fingerprint density at radius 2 is 1.67 bits per heavy atom. The van der Waals surface area contributed by atoms with E-state index in [1.165, 1.54) is 17.0 Å². The van der Waals surface area contributed by atoms with Gasteiger partial charge >= 0.3 is 19.4 Å². The molecule has 27 heavy (non-hydrogen) atoms. The predicted molar refractivity (Wildman–Crippen MR) is 93.1 cm³/mol. The molecule has 0 unspecified atom stereocenters. The van der Waals surface area contributed by atoms with E-state index in [4.69, 9.17) is 14.0 Å². The highest BCUT2D eigenvalue weighted by atomic mass is 19.4. The van der Waals surface area contributed by atoms with E-state index in [9.17, 15) is 18.0 Å². The lowest BCUT2D eigenvalue weighted by atomic mass is 9.73. The lowest BCUT2D eigenvalue weighted by Gasteiger charge is -2.32. The second kappa shape index (κ2) is 6.70. The van der Waals surface area contributed by atoms with Crippen molar-refractivity contribution in [1.82, 2.24) is 4.90 Å². The number of carbonyl (C=O) groups is 1. The summed E-state index contributed by atoms with van der Waals surface area (Å²) in [5.74, 6) is -0.502. The van der Waals surface area contributed by atoms with Crippen molar-refractivity contribution >= 4 is 13.2 Å². The summed E-state index contributed by atoms with van der Waals surface area (Å²) in [7, 11) is -0.706. The van der Waals surface area contributed by atoms with Crippen molar-refractivity contribution in [3.8, 4) is 0 Å². The fourth-order valence-corrected chi connectivity index (χ4v) is 3.18. The number of cyclic esters (lactones) is 1. The van der Waals surface area contributed by atoms with Gasteiger partial charge in [-0.3, -0.25) is 0 Å². The summed E-state index contributed by atoms with van der Waals surface area (Å²) in [4.78, 5) is 13.6. The summed E-state index contributed by atoms with van der Waals surface area (Å²) in [6, 6.07) is 4.92. The average Bonchev–Trinajstić information content (AvgIpc) is 3.05. The van der Waals surface area contributed by atoms with E-state index in [1.54, 1.807) is 0 Å². The van der Waals surface area contributed by atoms with Crippen LogP contribution in [0.2, 0.25) is 0 Å². The molecule has 0 bridgehead atoms. The Hall–Kier alpha value is -1.74. The molecule has 0 N–H and O–H groups in total. The van der Waals surface area contributed by atoms with Crippen LogP contribution in [0.25, 0.3) is 0 Å². The van der Waals surface area contributed by atoms with Gasteiger partial charge in [-0.25, -0.2) is 4.79 Å². The average molecular weight is 385 g/mol. The molecule has 148 valence electrons. The third-order valence-corrected chi connectivity index (χ3v) is 5.50. The number of amides is 1. The molecule has 9 heteroatoms. The van der Waals surface area contributed by atoms with Crippen molar-refractivity contribution in [3.63, 3.8) is 0 Å². The van der Waals surface area contributed by atoms with Crippen LogP contribution in [-0.4, -0.2) is 48.4 Å². The number of halogens is 3. The summed E-state index contributed by atoms with van der Waals surface area (Å²) < 4.78 is 55.6. The molecule has 5 nitrogen and oxygen atoms in total. The first-order valence-corrected chi connectivity index (χ1v) is 8.86. The van der Waals surface area contributed by atoms with E-state index in [0.29, 0.717) is 18.5 Å². The largest absolute Gasteiger partial charge is 0.482 e. The fraction of sp³-hybridized carbons (Fsp3) is 0.611. The molecule has 0 aromatic heterocycles. The van der Waals surface area contributed by atoms with Gasteiger partial charge in [0, 0.05) is 0 Å². The van der Waals surface area contributed by atoms with Crippen LogP contribution < -0.4 is 0 Å². The number of nitrogens with zero attached hydrogens (tertiary/aromatic N) is 1. The van der Waals surface area contributed by atoms with Crippen LogP contribution in [0.4, 0.5) is 18.0 Å². The second-order valence-corrected chi connectivity index (χ2v) is 7.90. The molecule has 0 spiro atoms.